The zero-order valence-electron chi connectivity index (χ0n) is 13.9. The molecule has 1 N–H and O–H groups in total. The van der Waals surface area contributed by atoms with E-state index >= 15 is 0 Å². The summed E-state index contributed by atoms with van der Waals surface area (Å²) in [5, 5.41) is 3.10. The molecule has 2 unspecified atom stereocenters. The number of rotatable bonds is 4. The minimum absolute atomic E-state index is 0.0787. The molecule has 0 aromatic carbocycles. The molecule has 2 saturated heterocycles. The highest BCUT2D eigenvalue weighted by atomic mass is 16.6. The van der Waals surface area contributed by atoms with Crippen LogP contribution in [-0.4, -0.2) is 40.6 Å². The van der Waals surface area contributed by atoms with E-state index in [9.17, 15) is 9.59 Å². The molecule has 2 rings (SSSR count). The summed E-state index contributed by atoms with van der Waals surface area (Å²) in [6.45, 7) is 9.30. The van der Waals surface area contributed by atoms with Crippen LogP contribution in [0.3, 0.4) is 0 Å². The second-order valence-electron chi connectivity index (χ2n) is 7.34. The first-order valence-electron chi connectivity index (χ1n) is 8.21. The number of ether oxygens (including phenoxy) is 1. The zero-order valence-corrected chi connectivity index (χ0v) is 13.9. The normalized spacial score (nSPS) is 27.4. The first-order valence-corrected chi connectivity index (χ1v) is 8.21. The number of carbonyl (C=O) groups is 2. The first kappa shape index (κ1) is 16.8. The molecule has 2 aliphatic heterocycles. The molecule has 2 bridgehead atoms. The largest absolute Gasteiger partial charge is 0.444 e. The Kier molecular flexibility index (Phi) is 5.14. The SMILES string of the molecule is C=CCCC(=O)NC1CC2CCC(C1)N2C(=O)OC(C)(C)C. The summed E-state index contributed by atoms with van der Waals surface area (Å²) < 4.78 is 5.52. The molecule has 2 fully saturated rings. The number of amides is 2. The second kappa shape index (κ2) is 6.71. The van der Waals surface area contributed by atoms with Gasteiger partial charge in [-0.25, -0.2) is 4.79 Å². The van der Waals surface area contributed by atoms with Crippen molar-refractivity contribution in [2.75, 3.05) is 0 Å². The Morgan fingerprint density at radius 1 is 1.27 bits per heavy atom. The average Bonchev–Trinajstić information content (AvgIpc) is 2.66. The number of hydrogen-bond acceptors (Lipinski definition) is 3. The lowest BCUT2D eigenvalue weighted by Crippen LogP contribution is -2.53. The van der Waals surface area contributed by atoms with E-state index in [0.29, 0.717) is 12.8 Å². The summed E-state index contributed by atoms with van der Waals surface area (Å²) in [7, 11) is 0. The molecule has 2 aliphatic rings. The van der Waals surface area contributed by atoms with Crippen LogP contribution in [0.4, 0.5) is 4.79 Å². The van der Waals surface area contributed by atoms with Gasteiger partial charge < -0.3 is 15.0 Å². The van der Waals surface area contributed by atoms with Crippen LogP contribution in [0.1, 0.15) is 59.3 Å². The number of hydrogen-bond donors (Lipinski definition) is 1. The zero-order chi connectivity index (χ0) is 16.3. The molecule has 5 heteroatoms. The molecular weight excluding hydrogens is 280 g/mol. The molecule has 0 aromatic rings. The van der Waals surface area contributed by atoms with Crippen molar-refractivity contribution in [3.05, 3.63) is 12.7 Å². The Hall–Kier alpha value is -1.52. The third-order valence-electron chi connectivity index (χ3n) is 4.28. The summed E-state index contributed by atoms with van der Waals surface area (Å²) in [6, 6.07) is 0.560. The predicted molar refractivity (Wildman–Crippen MR) is 85.5 cm³/mol. The van der Waals surface area contributed by atoms with E-state index in [0.717, 1.165) is 25.7 Å². The fourth-order valence-corrected chi connectivity index (χ4v) is 3.44. The standard InChI is InChI=1S/C17H28N2O3/c1-5-6-7-15(20)18-12-10-13-8-9-14(11-12)19(13)16(21)22-17(2,3)4/h5,12-14H,1,6-11H2,2-4H3,(H,18,20). The maximum atomic E-state index is 12.4. The van der Waals surface area contributed by atoms with E-state index in [1.165, 1.54) is 0 Å². The van der Waals surface area contributed by atoms with Gasteiger partial charge in [-0.3, -0.25) is 4.79 Å². The summed E-state index contributed by atoms with van der Waals surface area (Å²) in [6.07, 6.45) is 6.41. The first-order chi connectivity index (χ1) is 10.3. The maximum absolute atomic E-state index is 12.4. The number of nitrogens with zero attached hydrogens (tertiary/aromatic N) is 1. The van der Waals surface area contributed by atoms with E-state index in [1.807, 2.05) is 25.7 Å². The maximum Gasteiger partial charge on any atom is 0.410 e. The molecule has 2 amide bonds. The smallest absolute Gasteiger partial charge is 0.410 e. The Bertz CT molecular complexity index is 428. The molecule has 22 heavy (non-hydrogen) atoms. The molecule has 0 saturated carbocycles. The van der Waals surface area contributed by atoms with Crippen LogP contribution in [-0.2, 0) is 9.53 Å². The van der Waals surface area contributed by atoms with Gasteiger partial charge in [-0.2, -0.15) is 0 Å². The number of nitrogens with one attached hydrogen (secondary N) is 1. The van der Waals surface area contributed by atoms with Crippen LogP contribution in [0.2, 0.25) is 0 Å². The number of allylic oxidation sites excluding steroid dienone is 1. The van der Waals surface area contributed by atoms with Crippen LogP contribution < -0.4 is 5.32 Å². The van der Waals surface area contributed by atoms with Crippen molar-refractivity contribution in [1.82, 2.24) is 10.2 Å². The molecule has 5 nitrogen and oxygen atoms in total. The Morgan fingerprint density at radius 3 is 2.36 bits per heavy atom. The molecule has 124 valence electrons. The Morgan fingerprint density at radius 2 is 1.86 bits per heavy atom. The lowest BCUT2D eigenvalue weighted by Gasteiger charge is -2.39. The Balaban J connectivity index is 1.90. The minimum Gasteiger partial charge on any atom is -0.444 e. The van der Waals surface area contributed by atoms with E-state index in [1.54, 1.807) is 6.08 Å². The number of carbonyl (C=O) groups excluding carboxylic acids is 2. The van der Waals surface area contributed by atoms with E-state index in [2.05, 4.69) is 11.9 Å². The van der Waals surface area contributed by atoms with Crippen LogP contribution in [0.25, 0.3) is 0 Å². The fourth-order valence-electron chi connectivity index (χ4n) is 3.44. The van der Waals surface area contributed by atoms with Gasteiger partial charge in [0.15, 0.2) is 0 Å². The van der Waals surface area contributed by atoms with Gasteiger partial charge in [-0.05, 0) is 52.9 Å². The molecule has 0 radical (unpaired) electrons. The summed E-state index contributed by atoms with van der Waals surface area (Å²) >= 11 is 0. The van der Waals surface area contributed by atoms with Crippen LogP contribution in [0.15, 0.2) is 12.7 Å². The van der Waals surface area contributed by atoms with Gasteiger partial charge in [0, 0.05) is 24.5 Å². The van der Waals surface area contributed by atoms with Gasteiger partial charge in [0.1, 0.15) is 5.60 Å². The van der Waals surface area contributed by atoms with Crippen molar-refractivity contribution in [2.45, 2.75) is 83.0 Å². The topological polar surface area (TPSA) is 58.6 Å². The number of fused-ring (bicyclic) bond motifs is 2. The van der Waals surface area contributed by atoms with Crippen molar-refractivity contribution in [1.29, 1.82) is 0 Å². The van der Waals surface area contributed by atoms with Crippen molar-refractivity contribution in [3.63, 3.8) is 0 Å². The van der Waals surface area contributed by atoms with Crippen molar-refractivity contribution >= 4 is 12.0 Å². The van der Waals surface area contributed by atoms with Crippen molar-refractivity contribution < 1.29 is 14.3 Å². The van der Waals surface area contributed by atoms with Gasteiger partial charge in [-0.1, -0.05) is 6.08 Å². The third kappa shape index (κ3) is 4.24. The van der Waals surface area contributed by atoms with Gasteiger partial charge in [-0.15, -0.1) is 6.58 Å². The minimum atomic E-state index is -0.466. The average molecular weight is 308 g/mol. The van der Waals surface area contributed by atoms with Crippen molar-refractivity contribution in [2.24, 2.45) is 0 Å². The van der Waals surface area contributed by atoms with Crippen molar-refractivity contribution in [3.8, 4) is 0 Å². The summed E-state index contributed by atoms with van der Waals surface area (Å²) in [5.41, 5.74) is -0.466. The van der Waals surface area contributed by atoms with E-state index < -0.39 is 5.60 Å². The molecular formula is C17H28N2O3. The van der Waals surface area contributed by atoms with Gasteiger partial charge >= 0.3 is 6.09 Å². The fraction of sp³-hybridized carbons (Fsp3) is 0.765. The second-order valence-corrected chi connectivity index (χ2v) is 7.34. The van der Waals surface area contributed by atoms with Crippen LogP contribution in [0.5, 0.6) is 0 Å². The molecule has 0 aliphatic carbocycles. The van der Waals surface area contributed by atoms with Gasteiger partial charge in [0.05, 0.1) is 0 Å². The highest BCUT2D eigenvalue weighted by molar-refractivity contribution is 5.76. The molecule has 0 spiro atoms. The number of piperidine rings is 1. The summed E-state index contributed by atoms with van der Waals surface area (Å²) in [4.78, 5) is 26.1. The highest BCUT2D eigenvalue weighted by Gasteiger charge is 2.45. The summed E-state index contributed by atoms with van der Waals surface area (Å²) in [5.74, 6) is 0.0787. The third-order valence-corrected chi connectivity index (χ3v) is 4.28. The van der Waals surface area contributed by atoms with Crippen LogP contribution in [0, 0.1) is 0 Å². The molecule has 0 aromatic heterocycles. The molecule has 2 heterocycles. The Labute approximate surface area is 133 Å². The quantitative estimate of drug-likeness (QED) is 0.812. The predicted octanol–water partition coefficient (Wildman–Crippen LogP) is 3.00. The lowest BCUT2D eigenvalue weighted by molar-refractivity contribution is -0.122. The van der Waals surface area contributed by atoms with E-state index in [4.69, 9.17) is 4.74 Å². The van der Waals surface area contributed by atoms with Crippen LogP contribution >= 0.6 is 0 Å². The van der Waals surface area contributed by atoms with E-state index in [-0.39, 0.29) is 30.1 Å². The lowest BCUT2D eigenvalue weighted by atomic mass is 9.97. The molecule has 2 atom stereocenters. The van der Waals surface area contributed by atoms with Gasteiger partial charge in [0.25, 0.3) is 0 Å². The van der Waals surface area contributed by atoms with Gasteiger partial charge in [0.2, 0.25) is 5.91 Å². The monoisotopic (exact) mass is 308 g/mol. The highest BCUT2D eigenvalue weighted by Crippen LogP contribution is 2.36.